The number of aromatic nitrogens is 1. The van der Waals surface area contributed by atoms with Crippen LogP contribution < -0.4 is 14.5 Å². The summed E-state index contributed by atoms with van der Waals surface area (Å²) in [4.78, 5) is 35.6. The Balaban J connectivity index is 1.47. The number of piperazine rings is 1. The van der Waals surface area contributed by atoms with E-state index in [0.717, 1.165) is 32.0 Å². The summed E-state index contributed by atoms with van der Waals surface area (Å²) in [6, 6.07) is 12.6. The first-order valence-corrected chi connectivity index (χ1v) is 9.09. The summed E-state index contributed by atoms with van der Waals surface area (Å²) in [6.07, 6.45) is 1.99. The fourth-order valence-electron chi connectivity index (χ4n) is 3.77. The maximum Gasteiger partial charge on any atom is 0.251 e. The van der Waals surface area contributed by atoms with Crippen molar-refractivity contribution in [2.75, 3.05) is 43.1 Å². The van der Waals surface area contributed by atoms with Gasteiger partial charge in [-0.2, -0.15) is 0 Å². The minimum Gasteiger partial charge on any atom is -0.495 e. The predicted octanol–water partition coefficient (Wildman–Crippen LogP) is 1.54. The van der Waals surface area contributed by atoms with Gasteiger partial charge in [-0.15, -0.1) is 0 Å². The molecule has 7 heteroatoms. The Morgan fingerprint density at radius 1 is 1.00 bits per heavy atom. The molecule has 0 radical (unpaired) electrons. The highest BCUT2D eigenvalue weighted by Gasteiger charge is 2.44. The van der Waals surface area contributed by atoms with E-state index in [1.54, 1.807) is 24.4 Å². The molecule has 2 fully saturated rings. The summed E-state index contributed by atoms with van der Waals surface area (Å²) in [6.45, 7) is 3.01. The molecule has 3 heterocycles. The molecule has 140 valence electrons. The molecule has 4 rings (SSSR count). The van der Waals surface area contributed by atoms with Crippen molar-refractivity contribution in [1.82, 2.24) is 9.88 Å². The van der Waals surface area contributed by atoms with Gasteiger partial charge in [0.15, 0.2) is 0 Å². The minimum atomic E-state index is -0.409. The number of amides is 2. The van der Waals surface area contributed by atoms with Gasteiger partial charge in [-0.25, -0.2) is 9.88 Å². The average Bonchev–Trinajstić information content (AvgIpc) is 3.02. The molecule has 2 aromatic rings. The summed E-state index contributed by atoms with van der Waals surface area (Å²) in [7, 11) is 1.54. The number of imide groups is 1. The predicted molar refractivity (Wildman–Crippen MR) is 102 cm³/mol. The molecule has 0 bridgehead atoms. The van der Waals surface area contributed by atoms with E-state index in [4.69, 9.17) is 4.74 Å². The molecular formula is C20H22N4O3. The standard InChI is InChI=1S/C20H22N4O3/c1-27-17-7-3-2-6-15(17)24-19(25)14-16(20(24)26)22-10-12-23(13-11-22)18-8-4-5-9-21-18/h2-9,16H,10-14H2,1H3/t16-/m0/s1. The van der Waals surface area contributed by atoms with E-state index < -0.39 is 6.04 Å². The highest BCUT2D eigenvalue weighted by molar-refractivity contribution is 6.23. The molecular weight excluding hydrogens is 344 g/mol. The first-order chi connectivity index (χ1) is 13.2. The molecule has 1 aromatic heterocycles. The molecule has 2 amide bonds. The van der Waals surface area contributed by atoms with E-state index in [1.807, 2.05) is 24.3 Å². The van der Waals surface area contributed by atoms with E-state index >= 15 is 0 Å². The fraction of sp³-hybridized carbons (Fsp3) is 0.350. The van der Waals surface area contributed by atoms with Crippen LogP contribution in [0.3, 0.4) is 0 Å². The minimum absolute atomic E-state index is 0.171. The maximum absolute atomic E-state index is 13.0. The third-order valence-corrected chi connectivity index (χ3v) is 5.18. The maximum atomic E-state index is 13.0. The van der Waals surface area contributed by atoms with E-state index in [0.29, 0.717) is 11.4 Å². The monoisotopic (exact) mass is 366 g/mol. The van der Waals surface area contributed by atoms with Gasteiger partial charge in [0.2, 0.25) is 5.91 Å². The summed E-state index contributed by atoms with van der Waals surface area (Å²) >= 11 is 0. The lowest BCUT2D eigenvalue weighted by molar-refractivity contribution is -0.123. The number of anilines is 2. The van der Waals surface area contributed by atoms with Crippen LogP contribution in [0.5, 0.6) is 5.75 Å². The average molecular weight is 366 g/mol. The Bertz CT molecular complexity index is 834. The quantitative estimate of drug-likeness (QED) is 0.765. The largest absolute Gasteiger partial charge is 0.495 e. The van der Waals surface area contributed by atoms with Crippen molar-refractivity contribution in [3.05, 3.63) is 48.7 Å². The van der Waals surface area contributed by atoms with Gasteiger partial charge in [0.1, 0.15) is 11.6 Å². The summed E-state index contributed by atoms with van der Waals surface area (Å²) < 4.78 is 5.32. The zero-order valence-electron chi connectivity index (χ0n) is 15.2. The van der Waals surface area contributed by atoms with Gasteiger partial charge in [0.05, 0.1) is 25.3 Å². The third kappa shape index (κ3) is 3.26. The third-order valence-electron chi connectivity index (χ3n) is 5.18. The Labute approximate surface area is 158 Å². The molecule has 0 N–H and O–H groups in total. The summed E-state index contributed by atoms with van der Waals surface area (Å²) in [5, 5.41) is 0. The fourth-order valence-corrected chi connectivity index (χ4v) is 3.77. The van der Waals surface area contributed by atoms with Gasteiger partial charge < -0.3 is 9.64 Å². The number of para-hydroxylation sites is 2. The highest BCUT2D eigenvalue weighted by atomic mass is 16.5. The Morgan fingerprint density at radius 3 is 2.44 bits per heavy atom. The van der Waals surface area contributed by atoms with Crippen molar-refractivity contribution in [2.45, 2.75) is 12.5 Å². The van der Waals surface area contributed by atoms with Crippen LogP contribution in [0.2, 0.25) is 0 Å². The number of methoxy groups -OCH3 is 1. The highest BCUT2D eigenvalue weighted by Crippen LogP contribution is 2.33. The number of carbonyl (C=O) groups is 2. The van der Waals surface area contributed by atoms with E-state index in [-0.39, 0.29) is 18.2 Å². The Kier molecular flexibility index (Phi) is 4.77. The molecule has 2 aliphatic heterocycles. The second-order valence-electron chi connectivity index (χ2n) is 6.67. The van der Waals surface area contributed by atoms with Crippen LogP contribution in [0.1, 0.15) is 6.42 Å². The van der Waals surface area contributed by atoms with Crippen molar-refractivity contribution in [2.24, 2.45) is 0 Å². The number of hydrogen-bond donors (Lipinski definition) is 0. The van der Waals surface area contributed by atoms with Crippen LogP contribution in [-0.2, 0) is 9.59 Å². The molecule has 0 unspecified atom stereocenters. The van der Waals surface area contributed by atoms with Crippen LogP contribution in [0.25, 0.3) is 0 Å². The van der Waals surface area contributed by atoms with Crippen LogP contribution in [-0.4, -0.2) is 61.0 Å². The number of benzene rings is 1. The van der Waals surface area contributed by atoms with Gasteiger partial charge in [-0.3, -0.25) is 14.5 Å². The summed E-state index contributed by atoms with van der Waals surface area (Å²) in [5.74, 6) is 1.12. The van der Waals surface area contributed by atoms with Gasteiger partial charge in [0.25, 0.3) is 5.91 Å². The van der Waals surface area contributed by atoms with Gasteiger partial charge in [-0.1, -0.05) is 18.2 Å². The lowest BCUT2D eigenvalue weighted by Gasteiger charge is -2.37. The Hall–Kier alpha value is -2.93. The molecule has 2 saturated heterocycles. The van der Waals surface area contributed by atoms with Gasteiger partial charge in [-0.05, 0) is 24.3 Å². The van der Waals surface area contributed by atoms with Crippen LogP contribution in [0.15, 0.2) is 48.7 Å². The number of carbonyl (C=O) groups excluding carboxylic acids is 2. The van der Waals surface area contributed by atoms with Gasteiger partial charge in [0, 0.05) is 32.4 Å². The topological polar surface area (TPSA) is 66.0 Å². The van der Waals surface area contributed by atoms with Crippen molar-refractivity contribution < 1.29 is 14.3 Å². The van der Waals surface area contributed by atoms with Gasteiger partial charge >= 0.3 is 0 Å². The molecule has 1 aromatic carbocycles. The molecule has 1 atom stereocenters. The smallest absolute Gasteiger partial charge is 0.251 e. The van der Waals surface area contributed by atoms with E-state index in [9.17, 15) is 9.59 Å². The lowest BCUT2D eigenvalue weighted by atomic mass is 10.1. The Morgan fingerprint density at radius 2 is 1.74 bits per heavy atom. The zero-order valence-corrected chi connectivity index (χ0v) is 15.2. The second-order valence-corrected chi connectivity index (χ2v) is 6.67. The van der Waals surface area contributed by atoms with Crippen LogP contribution in [0, 0.1) is 0 Å². The van der Waals surface area contributed by atoms with Crippen molar-refractivity contribution >= 4 is 23.3 Å². The molecule has 0 saturated carbocycles. The van der Waals surface area contributed by atoms with Crippen molar-refractivity contribution in [1.29, 1.82) is 0 Å². The van der Waals surface area contributed by atoms with Crippen LogP contribution >= 0.6 is 0 Å². The first-order valence-electron chi connectivity index (χ1n) is 9.09. The SMILES string of the molecule is COc1ccccc1N1C(=O)C[C@H](N2CCN(c3ccccn3)CC2)C1=O. The second kappa shape index (κ2) is 7.36. The number of pyridine rings is 1. The van der Waals surface area contributed by atoms with E-state index in [2.05, 4.69) is 14.8 Å². The van der Waals surface area contributed by atoms with Crippen molar-refractivity contribution in [3.8, 4) is 5.75 Å². The number of ether oxygens (including phenoxy) is 1. The number of rotatable bonds is 4. The first kappa shape index (κ1) is 17.5. The lowest BCUT2D eigenvalue weighted by Crippen LogP contribution is -2.52. The van der Waals surface area contributed by atoms with Crippen molar-refractivity contribution in [3.63, 3.8) is 0 Å². The van der Waals surface area contributed by atoms with Crippen LogP contribution in [0.4, 0.5) is 11.5 Å². The molecule has 2 aliphatic rings. The molecule has 0 aliphatic carbocycles. The number of nitrogens with zero attached hydrogens (tertiary/aromatic N) is 4. The van der Waals surface area contributed by atoms with E-state index in [1.165, 1.54) is 12.0 Å². The molecule has 7 nitrogen and oxygen atoms in total. The number of hydrogen-bond acceptors (Lipinski definition) is 6. The summed E-state index contributed by atoms with van der Waals surface area (Å²) in [5.41, 5.74) is 0.518. The molecule has 0 spiro atoms. The zero-order chi connectivity index (χ0) is 18.8. The molecule has 27 heavy (non-hydrogen) atoms. The normalized spacial score (nSPS) is 21.0.